The lowest BCUT2D eigenvalue weighted by Gasteiger charge is -1.93. The average molecular weight is 246 g/mol. The maximum absolute atomic E-state index is 10.8. The van der Waals surface area contributed by atoms with Gasteiger partial charge in [-0.2, -0.15) is 0 Å². The number of rotatable bonds is 3. The zero-order valence-electron chi connectivity index (χ0n) is 9.53. The standard InChI is InChI=1S/C12H10N2O4/c1-8-12(14(16)17)11(18-13-8)7-4-9-2-5-10(15)6-3-9/h2-7,15H,1H3/b7-4-. The molecule has 0 fully saturated rings. The molecule has 6 heteroatoms. The second-order valence-electron chi connectivity index (χ2n) is 3.66. The Morgan fingerprint density at radius 3 is 2.61 bits per heavy atom. The lowest BCUT2D eigenvalue weighted by Crippen LogP contribution is -1.90. The highest BCUT2D eigenvalue weighted by Crippen LogP contribution is 2.24. The molecule has 0 radical (unpaired) electrons. The van der Waals surface area contributed by atoms with E-state index in [0.717, 1.165) is 5.56 Å². The number of hydrogen-bond acceptors (Lipinski definition) is 5. The third-order valence-corrected chi connectivity index (χ3v) is 2.36. The molecule has 6 nitrogen and oxygen atoms in total. The molecule has 1 aromatic carbocycles. The predicted octanol–water partition coefficient (Wildman–Crippen LogP) is 2.77. The molecule has 0 amide bonds. The van der Waals surface area contributed by atoms with E-state index in [2.05, 4.69) is 5.16 Å². The zero-order valence-corrected chi connectivity index (χ0v) is 9.53. The number of aromatic nitrogens is 1. The normalized spacial score (nSPS) is 10.9. The maximum atomic E-state index is 10.8. The fourth-order valence-corrected chi connectivity index (χ4v) is 1.47. The van der Waals surface area contributed by atoms with Crippen LogP contribution >= 0.6 is 0 Å². The number of aryl methyl sites for hydroxylation is 1. The van der Waals surface area contributed by atoms with Crippen LogP contribution in [0.4, 0.5) is 5.69 Å². The molecule has 1 N–H and O–H groups in total. The molecule has 0 aliphatic carbocycles. The van der Waals surface area contributed by atoms with Crippen molar-refractivity contribution in [1.82, 2.24) is 5.16 Å². The monoisotopic (exact) mass is 246 g/mol. The topological polar surface area (TPSA) is 89.4 Å². The van der Waals surface area contributed by atoms with Gasteiger partial charge in [0.1, 0.15) is 5.75 Å². The molecule has 0 saturated carbocycles. The van der Waals surface area contributed by atoms with Crippen molar-refractivity contribution in [3.8, 4) is 5.75 Å². The number of nitrogens with zero attached hydrogens (tertiary/aromatic N) is 2. The van der Waals surface area contributed by atoms with Gasteiger partial charge in [0.15, 0.2) is 5.69 Å². The van der Waals surface area contributed by atoms with Crippen LogP contribution in [-0.4, -0.2) is 15.2 Å². The number of benzene rings is 1. The van der Waals surface area contributed by atoms with Gasteiger partial charge in [-0.25, -0.2) is 0 Å². The van der Waals surface area contributed by atoms with Crippen LogP contribution in [0.15, 0.2) is 28.8 Å². The van der Waals surface area contributed by atoms with Crippen molar-refractivity contribution in [3.63, 3.8) is 0 Å². The Bertz CT molecular complexity index is 599. The Hall–Kier alpha value is -2.63. The molecule has 18 heavy (non-hydrogen) atoms. The quantitative estimate of drug-likeness (QED) is 0.664. The van der Waals surface area contributed by atoms with Gasteiger partial charge in [0.05, 0.1) is 4.92 Å². The fourth-order valence-electron chi connectivity index (χ4n) is 1.47. The van der Waals surface area contributed by atoms with Gasteiger partial charge in [0.2, 0.25) is 5.76 Å². The number of phenolic OH excluding ortho intramolecular Hbond substituents is 1. The van der Waals surface area contributed by atoms with Crippen LogP contribution in [-0.2, 0) is 0 Å². The Morgan fingerprint density at radius 1 is 1.33 bits per heavy atom. The first kappa shape index (κ1) is 11.8. The Balaban J connectivity index is 2.29. The van der Waals surface area contributed by atoms with Gasteiger partial charge in [-0.15, -0.1) is 0 Å². The summed E-state index contributed by atoms with van der Waals surface area (Å²) in [7, 11) is 0. The molecule has 0 atom stereocenters. The van der Waals surface area contributed by atoms with E-state index >= 15 is 0 Å². The highest BCUT2D eigenvalue weighted by Gasteiger charge is 2.21. The molecule has 0 saturated heterocycles. The summed E-state index contributed by atoms with van der Waals surface area (Å²) in [5.41, 5.74) is 0.895. The van der Waals surface area contributed by atoms with E-state index < -0.39 is 4.92 Å². The molecule has 0 aliphatic rings. The van der Waals surface area contributed by atoms with Crippen LogP contribution in [0.3, 0.4) is 0 Å². The molecule has 0 bridgehead atoms. The first-order chi connectivity index (χ1) is 8.58. The van der Waals surface area contributed by atoms with Gasteiger partial charge in [-0.05, 0) is 30.7 Å². The van der Waals surface area contributed by atoms with E-state index in [9.17, 15) is 10.1 Å². The first-order valence-electron chi connectivity index (χ1n) is 5.15. The van der Waals surface area contributed by atoms with Gasteiger partial charge in [0, 0.05) is 0 Å². The summed E-state index contributed by atoms with van der Waals surface area (Å²) in [5, 5.41) is 23.5. The summed E-state index contributed by atoms with van der Waals surface area (Å²) in [5.74, 6) is 0.263. The fraction of sp³-hybridized carbons (Fsp3) is 0.0833. The minimum Gasteiger partial charge on any atom is -0.508 e. The lowest BCUT2D eigenvalue weighted by atomic mass is 10.2. The van der Waals surface area contributed by atoms with Crippen LogP contribution < -0.4 is 0 Å². The average Bonchev–Trinajstić information content (AvgIpc) is 2.70. The van der Waals surface area contributed by atoms with Crippen molar-refractivity contribution in [2.45, 2.75) is 6.92 Å². The van der Waals surface area contributed by atoms with Crippen molar-refractivity contribution >= 4 is 17.8 Å². The van der Waals surface area contributed by atoms with E-state index in [-0.39, 0.29) is 22.9 Å². The van der Waals surface area contributed by atoms with Gasteiger partial charge < -0.3 is 9.63 Å². The smallest absolute Gasteiger partial charge is 0.338 e. The molecular weight excluding hydrogens is 236 g/mol. The molecule has 1 aromatic heterocycles. The highest BCUT2D eigenvalue weighted by molar-refractivity contribution is 5.71. The Kier molecular flexibility index (Phi) is 3.09. The summed E-state index contributed by atoms with van der Waals surface area (Å²) in [6.07, 6.45) is 3.12. The Labute approximate surface area is 102 Å². The molecule has 2 aromatic rings. The zero-order chi connectivity index (χ0) is 13.1. The third kappa shape index (κ3) is 2.37. The number of hydrogen-bond donors (Lipinski definition) is 1. The maximum Gasteiger partial charge on any atom is 0.338 e. The van der Waals surface area contributed by atoms with E-state index in [1.165, 1.54) is 25.1 Å². The van der Waals surface area contributed by atoms with Gasteiger partial charge >= 0.3 is 5.69 Å². The molecule has 2 rings (SSSR count). The third-order valence-electron chi connectivity index (χ3n) is 2.36. The second kappa shape index (κ2) is 4.70. The van der Waals surface area contributed by atoms with E-state index in [4.69, 9.17) is 9.63 Å². The number of phenols is 1. The predicted molar refractivity (Wildman–Crippen MR) is 64.9 cm³/mol. The largest absolute Gasteiger partial charge is 0.508 e. The molecule has 92 valence electrons. The van der Waals surface area contributed by atoms with Crippen LogP contribution in [0.1, 0.15) is 17.0 Å². The summed E-state index contributed by atoms with van der Waals surface area (Å²) in [6.45, 7) is 1.51. The minimum atomic E-state index is -0.525. The van der Waals surface area contributed by atoms with E-state index in [1.807, 2.05) is 0 Å². The number of nitro groups is 1. The van der Waals surface area contributed by atoms with Gasteiger partial charge in [-0.1, -0.05) is 23.4 Å². The molecule has 0 aliphatic heterocycles. The van der Waals surface area contributed by atoms with Crippen LogP contribution in [0.2, 0.25) is 0 Å². The van der Waals surface area contributed by atoms with Crippen molar-refractivity contribution in [2.24, 2.45) is 0 Å². The summed E-state index contributed by atoms with van der Waals surface area (Å²) in [6, 6.07) is 6.42. The van der Waals surface area contributed by atoms with Crippen LogP contribution in [0.25, 0.3) is 12.2 Å². The van der Waals surface area contributed by atoms with Gasteiger partial charge in [0.25, 0.3) is 0 Å². The Morgan fingerprint density at radius 2 is 2.00 bits per heavy atom. The van der Waals surface area contributed by atoms with Crippen molar-refractivity contribution in [2.75, 3.05) is 0 Å². The van der Waals surface area contributed by atoms with E-state index in [1.54, 1.807) is 18.2 Å². The molecule has 0 spiro atoms. The molecular formula is C12H10N2O4. The molecule has 1 heterocycles. The minimum absolute atomic E-state index is 0.102. The molecule has 0 unspecified atom stereocenters. The summed E-state index contributed by atoms with van der Waals surface area (Å²) < 4.78 is 4.87. The SMILES string of the molecule is Cc1noc(/C=C\c2ccc(O)cc2)c1[N+](=O)[O-]. The summed E-state index contributed by atoms with van der Waals surface area (Å²) in [4.78, 5) is 10.3. The number of aromatic hydroxyl groups is 1. The van der Waals surface area contributed by atoms with Crippen molar-refractivity contribution in [3.05, 3.63) is 51.4 Å². The van der Waals surface area contributed by atoms with Crippen LogP contribution in [0.5, 0.6) is 5.75 Å². The van der Waals surface area contributed by atoms with Gasteiger partial charge in [-0.3, -0.25) is 10.1 Å². The van der Waals surface area contributed by atoms with Crippen molar-refractivity contribution < 1.29 is 14.6 Å². The second-order valence-corrected chi connectivity index (χ2v) is 3.66. The summed E-state index contributed by atoms with van der Waals surface area (Å²) >= 11 is 0. The lowest BCUT2D eigenvalue weighted by molar-refractivity contribution is -0.386. The van der Waals surface area contributed by atoms with E-state index in [0.29, 0.717) is 0 Å². The van der Waals surface area contributed by atoms with Crippen LogP contribution in [0, 0.1) is 17.0 Å². The van der Waals surface area contributed by atoms with Crippen molar-refractivity contribution in [1.29, 1.82) is 0 Å². The first-order valence-corrected chi connectivity index (χ1v) is 5.15. The highest BCUT2D eigenvalue weighted by atomic mass is 16.6.